The van der Waals surface area contributed by atoms with E-state index in [1.807, 2.05) is 44.2 Å². The van der Waals surface area contributed by atoms with E-state index in [4.69, 9.17) is 16.3 Å². The van der Waals surface area contributed by atoms with Gasteiger partial charge < -0.3 is 10.1 Å². The van der Waals surface area contributed by atoms with Gasteiger partial charge in [-0.25, -0.2) is 0 Å². The van der Waals surface area contributed by atoms with E-state index in [-0.39, 0.29) is 11.4 Å². The molecule has 1 saturated heterocycles. The summed E-state index contributed by atoms with van der Waals surface area (Å²) in [4.78, 5) is 39.3. The lowest BCUT2D eigenvalue weighted by molar-refractivity contribution is -0.127. The van der Waals surface area contributed by atoms with Gasteiger partial charge in [-0.05, 0) is 110 Å². The number of para-hydroxylation sites is 1. The quantitative estimate of drug-likeness (QED) is 0.262. The maximum absolute atomic E-state index is 12.9. The minimum Gasteiger partial charge on any atom is -0.487 e. The maximum Gasteiger partial charge on any atom is 0.294 e. The molecule has 4 rings (SSSR count). The normalized spacial score (nSPS) is 14.4. The number of amides is 3. The fraction of sp³-hybridized carbons (Fsp3) is 0.148. The first-order valence-electron chi connectivity index (χ1n) is 11.1. The average molecular weight is 665 g/mol. The predicted octanol–water partition coefficient (Wildman–Crippen LogP) is 7.74. The molecular formula is C27H21Br2ClN2O4S. The van der Waals surface area contributed by atoms with Gasteiger partial charge >= 0.3 is 0 Å². The molecule has 1 aliphatic heterocycles. The van der Waals surface area contributed by atoms with E-state index in [1.54, 1.807) is 30.3 Å². The van der Waals surface area contributed by atoms with Gasteiger partial charge in [0.2, 0.25) is 5.91 Å². The largest absolute Gasteiger partial charge is 0.487 e. The lowest BCUT2D eigenvalue weighted by Gasteiger charge is -2.15. The lowest BCUT2D eigenvalue weighted by Crippen LogP contribution is -2.36. The second-order valence-electron chi connectivity index (χ2n) is 8.31. The van der Waals surface area contributed by atoms with Gasteiger partial charge in [-0.3, -0.25) is 19.3 Å². The Labute approximate surface area is 240 Å². The van der Waals surface area contributed by atoms with Crippen LogP contribution in [0, 0.1) is 13.8 Å². The summed E-state index contributed by atoms with van der Waals surface area (Å²) in [5.74, 6) is -0.348. The van der Waals surface area contributed by atoms with Crippen molar-refractivity contribution >= 4 is 84.0 Å². The number of thioether (sulfide) groups is 1. The summed E-state index contributed by atoms with van der Waals surface area (Å²) >= 11 is 13.8. The van der Waals surface area contributed by atoms with Gasteiger partial charge in [0.1, 0.15) is 18.9 Å². The van der Waals surface area contributed by atoms with E-state index in [1.165, 1.54) is 0 Å². The number of carbonyl (C=O) groups excluding carboxylic acids is 3. The third-order valence-corrected chi connectivity index (χ3v) is 7.87. The Morgan fingerprint density at radius 1 is 1.05 bits per heavy atom. The van der Waals surface area contributed by atoms with E-state index >= 15 is 0 Å². The smallest absolute Gasteiger partial charge is 0.294 e. The SMILES string of the molecule is Cc1cccc(C)c1NC(=O)CN1C(=O)S/C(=C/c2cc(Br)c(OCc3ccc(Cl)cc3)c(Br)c2)C1=O. The molecule has 0 aliphatic carbocycles. The van der Waals surface area contributed by atoms with Crippen molar-refractivity contribution in [3.63, 3.8) is 0 Å². The van der Waals surface area contributed by atoms with E-state index in [9.17, 15) is 14.4 Å². The number of anilines is 1. The number of rotatable bonds is 7. The first kappa shape index (κ1) is 27.4. The fourth-order valence-electron chi connectivity index (χ4n) is 3.66. The van der Waals surface area contributed by atoms with Crippen LogP contribution in [0.25, 0.3) is 6.08 Å². The van der Waals surface area contributed by atoms with Crippen molar-refractivity contribution in [3.8, 4) is 5.75 Å². The second-order valence-corrected chi connectivity index (χ2v) is 11.4. The Balaban J connectivity index is 1.45. The summed E-state index contributed by atoms with van der Waals surface area (Å²) in [5, 5.41) is 2.97. The molecule has 10 heteroatoms. The summed E-state index contributed by atoms with van der Waals surface area (Å²) in [6, 6.07) is 16.6. The van der Waals surface area contributed by atoms with Crippen LogP contribution < -0.4 is 10.1 Å². The highest BCUT2D eigenvalue weighted by Gasteiger charge is 2.36. The van der Waals surface area contributed by atoms with Gasteiger partial charge in [0.05, 0.1) is 13.9 Å². The Morgan fingerprint density at radius 2 is 1.68 bits per heavy atom. The predicted molar refractivity (Wildman–Crippen MR) is 155 cm³/mol. The molecule has 3 aromatic rings. The zero-order chi connectivity index (χ0) is 26.7. The molecule has 0 radical (unpaired) electrons. The van der Waals surface area contributed by atoms with Crippen LogP contribution in [0.5, 0.6) is 5.75 Å². The Bertz CT molecular complexity index is 1380. The van der Waals surface area contributed by atoms with E-state index in [0.29, 0.717) is 37.6 Å². The molecule has 6 nitrogen and oxygen atoms in total. The third-order valence-electron chi connectivity index (χ3n) is 5.54. The monoisotopic (exact) mass is 662 g/mol. The van der Waals surface area contributed by atoms with Crippen LogP contribution in [-0.4, -0.2) is 28.5 Å². The third kappa shape index (κ3) is 6.65. The number of benzene rings is 3. The molecule has 0 unspecified atom stereocenters. The van der Waals surface area contributed by atoms with Crippen LogP contribution in [-0.2, 0) is 16.2 Å². The topological polar surface area (TPSA) is 75.7 Å². The number of ether oxygens (including phenoxy) is 1. The number of halogens is 3. The van der Waals surface area contributed by atoms with Crippen molar-refractivity contribution in [2.24, 2.45) is 0 Å². The van der Waals surface area contributed by atoms with Crippen LogP contribution in [0.2, 0.25) is 5.02 Å². The van der Waals surface area contributed by atoms with Crippen molar-refractivity contribution in [3.05, 3.63) is 95.7 Å². The van der Waals surface area contributed by atoms with E-state index in [2.05, 4.69) is 37.2 Å². The highest BCUT2D eigenvalue weighted by Crippen LogP contribution is 2.38. The minimum absolute atomic E-state index is 0.235. The highest BCUT2D eigenvalue weighted by atomic mass is 79.9. The molecule has 1 fully saturated rings. The van der Waals surface area contributed by atoms with Gasteiger partial charge in [0.25, 0.3) is 11.1 Å². The fourth-order valence-corrected chi connectivity index (χ4v) is 6.07. The van der Waals surface area contributed by atoms with Crippen molar-refractivity contribution in [2.45, 2.75) is 20.5 Å². The van der Waals surface area contributed by atoms with Crippen LogP contribution in [0.4, 0.5) is 10.5 Å². The molecule has 1 N–H and O–H groups in total. The number of aryl methyl sites for hydroxylation is 2. The molecule has 37 heavy (non-hydrogen) atoms. The molecular weight excluding hydrogens is 644 g/mol. The highest BCUT2D eigenvalue weighted by molar-refractivity contribution is 9.11. The number of imide groups is 1. The van der Waals surface area contributed by atoms with Gasteiger partial charge in [-0.15, -0.1) is 0 Å². The summed E-state index contributed by atoms with van der Waals surface area (Å²) in [6.07, 6.45) is 1.62. The number of hydrogen-bond acceptors (Lipinski definition) is 5. The summed E-state index contributed by atoms with van der Waals surface area (Å²) in [5.41, 5.74) is 4.13. The summed E-state index contributed by atoms with van der Waals surface area (Å²) in [6.45, 7) is 3.75. The van der Waals surface area contributed by atoms with Gasteiger partial charge in [-0.1, -0.05) is 41.9 Å². The Hall–Kier alpha value is -2.59. The lowest BCUT2D eigenvalue weighted by atomic mass is 10.1. The van der Waals surface area contributed by atoms with Crippen LogP contribution >= 0.6 is 55.2 Å². The van der Waals surface area contributed by atoms with Crippen LogP contribution in [0.1, 0.15) is 22.3 Å². The zero-order valence-electron chi connectivity index (χ0n) is 19.8. The molecule has 3 amide bonds. The Morgan fingerprint density at radius 3 is 2.30 bits per heavy atom. The standard InChI is InChI=1S/C27H21Br2ClN2O4S/c1-15-4-3-5-16(2)24(15)31-23(33)13-32-26(34)22(37-27(32)35)12-18-10-20(28)25(21(29)11-18)36-14-17-6-8-19(30)9-7-17/h3-12H,13-14H2,1-2H3,(H,31,33)/b22-12+. The number of carbonyl (C=O) groups is 3. The Kier molecular flexibility index (Phi) is 8.79. The molecule has 0 aromatic heterocycles. The van der Waals surface area contributed by atoms with Gasteiger partial charge in [-0.2, -0.15) is 0 Å². The molecule has 0 bridgehead atoms. The van der Waals surface area contributed by atoms with Gasteiger partial charge in [0, 0.05) is 10.7 Å². The average Bonchev–Trinajstić information content (AvgIpc) is 3.09. The van der Waals surface area contributed by atoms with Crippen LogP contribution in [0.15, 0.2) is 68.4 Å². The van der Waals surface area contributed by atoms with Crippen molar-refractivity contribution < 1.29 is 19.1 Å². The van der Waals surface area contributed by atoms with Crippen LogP contribution in [0.3, 0.4) is 0 Å². The minimum atomic E-state index is -0.512. The van der Waals surface area contributed by atoms with Crippen molar-refractivity contribution in [2.75, 3.05) is 11.9 Å². The number of hydrogen-bond donors (Lipinski definition) is 1. The molecule has 0 atom stereocenters. The first-order chi connectivity index (χ1) is 17.6. The van der Waals surface area contributed by atoms with Gasteiger partial charge in [0.15, 0.2) is 0 Å². The zero-order valence-corrected chi connectivity index (χ0v) is 24.6. The molecule has 0 spiro atoms. The van der Waals surface area contributed by atoms with Crippen molar-refractivity contribution in [1.29, 1.82) is 0 Å². The second kappa shape index (κ2) is 11.9. The number of nitrogens with zero attached hydrogens (tertiary/aromatic N) is 1. The maximum atomic E-state index is 12.9. The first-order valence-corrected chi connectivity index (χ1v) is 13.9. The molecule has 0 saturated carbocycles. The summed E-state index contributed by atoms with van der Waals surface area (Å²) < 4.78 is 7.30. The summed E-state index contributed by atoms with van der Waals surface area (Å²) in [7, 11) is 0. The van der Waals surface area contributed by atoms with E-state index < -0.39 is 17.1 Å². The molecule has 1 heterocycles. The van der Waals surface area contributed by atoms with E-state index in [0.717, 1.165) is 33.4 Å². The molecule has 190 valence electrons. The van der Waals surface area contributed by atoms with Crippen molar-refractivity contribution in [1.82, 2.24) is 4.90 Å². The molecule has 3 aromatic carbocycles. The molecule has 1 aliphatic rings. The number of nitrogens with one attached hydrogen (secondary N) is 1.